The zero-order valence-electron chi connectivity index (χ0n) is 17.8. The fourth-order valence-electron chi connectivity index (χ4n) is 4.50. The third kappa shape index (κ3) is 3.40. The summed E-state index contributed by atoms with van der Waals surface area (Å²) in [5, 5.41) is 4.19. The van der Waals surface area contributed by atoms with Gasteiger partial charge in [0.15, 0.2) is 11.5 Å². The quantitative estimate of drug-likeness (QED) is 0.646. The molecular weight excluding hydrogens is 394 g/mol. The minimum Gasteiger partial charge on any atom is -0.497 e. The number of fused-ring (bicyclic) bond motifs is 3. The second-order valence-electron chi connectivity index (χ2n) is 7.81. The molecule has 2 aromatic carbocycles. The molecule has 2 heterocycles. The number of methoxy groups -OCH3 is 2. The molecule has 0 bridgehead atoms. The van der Waals surface area contributed by atoms with E-state index in [0.29, 0.717) is 24.5 Å². The highest BCUT2D eigenvalue weighted by molar-refractivity contribution is 5.95. The van der Waals surface area contributed by atoms with Crippen LogP contribution in [0.4, 0.5) is 5.69 Å². The number of carbonyl (C=O) groups excluding carboxylic acids is 1. The number of hydrogen-bond acceptors (Lipinski definition) is 6. The summed E-state index contributed by atoms with van der Waals surface area (Å²) in [6, 6.07) is 13.9. The highest BCUT2D eigenvalue weighted by atomic mass is 16.5. The fourth-order valence-corrected chi connectivity index (χ4v) is 4.50. The van der Waals surface area contributed by atoms with Gasteiger partial charge in [-0.05, 0) is 48.7 Å². The lowest BCUT2D eigenvalue weighted by Crippen LogP contribution is -2.49. The van der Waals surface area contributed by atoms with Crippen LogP contribution in [0.2, 0.25) is 0 Å². The second-order valence-corrected chi connectivity index (χ2v) is 7.81. The Balaban J connectivity index is 1.33. The smallest absolute Gasteiger partial charge is 0.276 e. The third-order valence-corrected chi connectivity index (χ3v) is 6.18. The molecule has 2 aliphatic rings. The Labute approximate surface area is 181 Å². The Hall–Kier alpha value is -3.48. The molecule has 0 atom stereocenters. The van der Waals surface area contributed by atoms with Gasteiger partial charge in [-0.2, -0.15) is 0 Å². The minimum absolute atomic E-state index is 0.0540. The summed E-state index contributed by atoms with van der Waals surface area (Å²) < 4.78 is 16.5. The predicted octanol–water partition coefficient (Wildman–Crippen LogP) is 3.42. The van der Waals surface area contributed by atoms with E-state index in [2.05, 4.69) is 16.1 Å². The van der Waals surface area contributed by atoms with Gasteiger partial charge in [0.25, 0.3) is 5.91 Å². The van der Waals surface area contributed by atoms with Crippen LogP contribution in [0.3, 0.4) is 0 Å². The van der Waals surface area contributed by atoms with Crippen molar-refractivity contribution in [2.75, 3.05) is 45.3 Å². The van der Waals surface area contributed by atoms with Crippen LogP contribution in [0.1, 0.15) is 21.6 Å². The van der Waals surface area contributed by atoms with Crippen molar-refractivity contribution in [3.63, 3.8) is 0 Å². The van der Waals surface area contributed by atoms with Crippen molar-refractivity contribution in [3.8, 4) is 22.8 Å². The van der Waals surface area contributed by atoms with Crippen LogP contribution in [0.15, 0.2) is 47.0 Å². The normalized spacial score (nSPS) is 15.3. The summed E-state index contributed by atoms with van der Waals surface area (Å²) in [5.74, 6) is 2.33. The van der Waals surface area contributed by atoms with Crippen molar-refractivity contribution in [2.45, 2.75) is 12.8 Å². The monoisotopic (exact) mass is 419 g/mol. The van der Waals surface area contributed by atoms with Crippen molar-refractivity contribution in [1.82, 2.24) is 10.1 Å². The first-order valence-corrected chi connectivity index (χ1v) is 10.5. The maximum Gasteiger partial charge on any atom is 0.276 e. The van der Waals surface area contributed by atoms with E-state index in [0.717, 1.165) is 59.8 Å². The van der Waals surface area contributed by atoms with Crippen LogP contribution < -0.4 is 14.4 Å². The van der Waals surface area contributed by atoms with Gasteiger partial charge < -0.3 is 23.8 Å². The topological polar surface area (TPSA) is 68.0 Å². The molecule has 31 heavy (non-hydrogen) atoms. The Kier molecular flexibility index (Phi) is 5.02. The number of anilines is 1. The van der Waals surface area contributed by atoms with Gasteiger partial charge in [-0.15, -0.1) is 0 Å². The molecule has 3 aromatic rings. The van der Waals surface area contributed by atoms with Gasteiger partial charge in [-0.3, -0.25) is 4.79 Å². The number of para-hydroxylation sites is 2. The number of ether oxygens (including phenoxy) is 2. The number of piperazine rings is 1. The van der Waals surface area contributed by atoms with Crippen molar-refractivity contribution in [1.29, 1.82) is 0 Å². The number of aromatic nitrogens is 1. The van der Waals surface area contributed by atoms with Crippen LogP contribution in [-0.4, -0.2) is 56.4 Å². The van der Waals surface area contributed by atoms with Crippen LogP contribution in [0.5, 0.6) is 11.5 Å². The Bertz CT molecular complexity index is 1120. The molecule has 0 radical (unpaired) electrons. The largest absolute Gasteiger partial charge is 0.497 e. The van der Waals surface area contributed by atoms with Crippen molar-refractivity contribution >= 4 is 11.6 Å². The van der Waals surface area contributed by atoms with E-state index in [1.165, 1.54) is 0 Å². The molecular formula is C24H25N3O4. The minimum atomic E-state index is -0.0540. The van der Waals surface area contributed by atoms with E-state index in [-0.39, 0.29) is 5.91 Å². The van der Waals surface area contributed by atoms with Gasteiger partial charge in [0.2, 0.25) is 0 Å². The summed E-state index contributed by atoms with van der Waals surface area (Å²) in [5.41, 5.74) is 4.57. The maximum atomic E-state index is 13.3. The first-order valence-electron chi connectivity index (χ1n) is 10.5. The Morgan fingerprint density at radius 3 is 2.58 bits per heavy atom. The molecule has 0 saturated carbocycles. The average molecular weight is 419 g/mol. The van der Waals surface area contributed by atoms with E-state index in [1.807, 2.05) is 41.3 Å². The van der Waals surface area contributed by atoms with E-state index < -0.39 is 0 Å². The second kappa shape index (κ2) is 7.98. The predicted molar refractivity (Wildman–Crippen MR) is 117 cm³/mol. The van der Waals surface area contributed by atoms with Crippen molar-refractivity contribution < 1.29 is 18.8 Å². The fraction of sp³-hybridized carbons (Fsp3) is 0.333. The maximum absolute atomic E-state index is 13.3. The first kappa shape index (κ1) is 19.5. The summed E-state index contributed by atoms with van der Waals surface area (Å²) in [6.07, 6.45) is 1.57. The zero-order chi connectivity index (χ0) is 21.4. The van der Waals surface area contributed by atoms with Crippen LogP contribution in [0, 0.1) is 0 Å². The van der Waals surface area contributed by atoms with Gasteiger partial charge in [-0.1, -0.05) is 17.3 Å². The number of aryl methyl sites for hydroxylation is 1. The highest BCUT2D eigenvalue weighted by Gasteiger charge is 2.31. The molecule has 1 amide bonds. The van der Waals surface area contributed by atoms with E-state index >= 15 is 0 Å². The molecule has 0 N–H and O–H groups in total. The standard InChI is InChI=1S/C24H25N3O4/c1-29-17-8-10-18-16(15-17)7-9-19-22(25-31-23(18)19)24(28)27-13-11-26(12-14-27)20-5-3-4-6-21(20)30-2/h3-6,8,10,15H,7,9,11-14H2,1-2H3. The molecule has 160 valence electrons. The number of rotatable bonds is 4. The lowest BCUT2D eigenvalue weighted by atomic mass is 9.89. The summed E-state index contributed by atoms with van der Waals surface area (Å²) in [7, 11) is 3.34. The molecule has 0 spiro atoms. The van der Waals surface area contributed by atoms with Crippen LogP contribution in [0.25, 0.3) is 11.3 Å². The number of amides is 1. The molecule has 1 aliphatic carbocycles. The van der Waals surface area contributed by atoms with Gasteiger partial charge in [0.05, 0.1) is 19.9 Å². The average Bonchev–Trinajstić information content (AvgIpc) is 3.28. The molecule has 5 rings (SSSR count). The third-order valence-electron chi connectivity index (χ3n) is 6.18. The number of hydrogen-bond donors (Lipinski definition) is 0. The van der Waals surface area contributed by atoms with E-state index in [1.54, 1.807) is 14.2 Å². The van der Waals surface area contributed by atoms with Gasteiger partial charge in [0.1, 0.15) is 11.5 Å². The highest BCUT2D eigenvalue weighted by Crippen LogP contribution is 2.37. The summed E-state index contributed by atoms with van der Waals surface area (Å²) in [6.45, 7) is 2.75. The molecule has 1 aliphatic heterocycles. The van der Waals surface area contributed by atoms with Crippen molar-refractivity contribution in [2.24, 2.45) is 0 Å². The summed E-state index contributed by atoms with van der Waals surface area (Å²) >= 11 is 0. The Morgan fingerprint density at radius 1 is 1.00 bits per heavy atom. The van der Waals surface area contributed by atoms with E-state index in [4.69, 9.17) is 14.0 Å². The summed E-state index contributed by atoms with van der Waals surface area (Å²) in [4.78, 5) is 17.4. The van der Waals surface area contributed by atoms with Crippen molar-refractivity contribution in [3.05, 3.63) is 59.3 Å². The molecule has 1 aromatic heterocycles. The van der Waals surface area contributed by atoms with Gasteiger partial charge in [-0.25, -0.2) is 0 Å². The lowest BCUT2D eigenvalue weighted by molar-refractivity contribution is 0.0735. The molecule has 7 nitrogen and oxygen atoms in total. The number of nitrogens with zero attached hydrogens (tertiary/aromatic N) is 3. The molecule has 1 saturated heterocycles. The SMILES string of the molecule is COc1ccc2c(c1)CCc1c(C(=O)N3CCN(c4ccccc4OC)CC3)noc1-2. The Morgan fingerprint density at radius 2 is 1.81 bits per heavy atom. The van der Waals surface area contributed by atoms with Gasteiger partial charge >= 0.3 is 0 Å². The van der Waals surface area contributed by atoms with Crippen LogP contribution >= 0.6 is 0 Å². The molecule has 0 unspecified atom stereocenters. The molecule has 7 heteroatoms. The van der Waals surface area contributed by atoms with Crippen LogP contribution in [-0.2, 0) is 12.8 Å². The zero-order valence-corrected chi connectivity index (χ0v) is 17.8. The van der Waals surface area contributed by atoms with E-state index in [9.17, 15) is 4.79 Å². The first-order chi connectivity index (χ1) is 15.2. The molecule has 1 fully saturated rings. The number of carbonyl (C=O) groups is 1. The number of benzene rings is 2. The lowest BCUT2D eigenvalue weighted by Gasteiger charge is -2.36. The van der Waals surface area contributed by atoms with Gasteiger partial charge in [0, 0.05) is 37.3 Å².